The van der Waals surface area contributed by atoms with Crippen LogP contribution in [-0.2, 0) is 11.3 Å². The quantitative estimate of drug-likeness (QED) is 0.245. The van der Waals surface area contributed by atoms with Gasteiger partial charge in [-0.1, -0.05) is 42.5 Å². The van der Waals surface area contributed by atoms with Gasteiger partial charge in [0.1, 0.15) is 16.7 Å². The Morgan fingerprint density at radius 2 is 1.61 bits per heavy atom. The largest absolute Gasteiger partial charge is 0.497 e. The van der Waals surface area contributed by atoms with Crippen molar-refractivity contribution >= 4 is 40.6 Å². The SMILES string of the molecule is COc1ccc(C(C(=O)NCc2ccccc2)N(C(=O)c2snc(C(N)=O)c2N)c2ccc(OC)c(OC)c2)cc1. The van der Waals surface area contributed by atoms with Crippen molar-refractivity contribution in [3.63, 3.8) is 0 Å². The predicted octanol–water partition coefficient (Wildman–Crippen LogP) is 3.55. The standard InChI is InChI=1S/C29H29N5O6S/c1-38-20-12-9-18(10-13-20)25(28(36)32-16-17-7-5-4-6-8-17)34(19-11-14-21(39-2)22(15-19)40-3)29(37)26-23(30)24(27(31)35)33-41-26/h4-15,25H,16,30H2,1-3H3,(H2,31,35)(H,32,36). The molecule has 1 atom stereocenters. The van der Waals surface area contributed by atoms with Crippen LogP contribution in [0.4, 0.5) is 11.4 Å². The fraction of sp³-hybridized carbons (Fsp3) is 0.172. The van der Waals surface area contributed by atoms with Crippen LogP contribution in [0.2, 0.25) is 0 Å². The minimum absolute atomic E-state index is 0.0528. The molecule has 1 unspecified atom stereocenters. The van der Waals surface area contributed by atoms with Gasteiger partial charge in [0.05, 0.1) is 27.0 Å². The molecule has 5 N–H and O–H groups in total. The number of anilines is 2. The number of nitrogen functional groups attached to an aromatic ring is 1. The van der Waals surface area contributed by atoms with Crippen LogP contribution >= 0.6 is 11.5 Å². The molecule has 0 aliphatic rings. The number of aromatic nitrogens is 1. The maximum absolute atomic E-state index is 14.3. The summed E-state index contributed by atoms with van der Waals surface area (Å²) in [6, 6.07) is 19.8. The number of amides is 3. The molecule has 1 aromatic heterocycles. The molecule has 1 heterocycles. The molecule has 11 nitrogen and oxygen atoms in total. The first-order valence-corrected chi connectivity index (χ1v) is 13.1. The lowest BCUT2D eigenvalue weighted by atomic mass is 10.0. The van der Waals surface area contributed by atoms with Crippen molar-refractivity contribution in [2.75, 3.05) is 32.0 Å². The van der Waals surface area contributed by atoms with Gasteiger partial charge in [0.15, 0.2) is 17.2 Å². The Bertz CT molecular complexity index is 1540. The van der Waals surface area contributed by atoms with Gasteiger partial charge >= 0.3 is 0 Å². The van der Waals surface area contributed by atoms with E-state index in [1.165, 1.54) is 26.2 Å². The van der Waals surface area contributed by atoms with Gasteiger partial charge in [0, 0.05) is 18.3 Å². The van der Waals surface area contributed by atoms with E-state index in [0.29, 0.717) is 28.5 Å². The van der Waals surface area contributed by atoms with Crippen LogP contribution in [0.3, 0.4) is 0 Å². The van der Waals surface area contributed by atoms with Gasteiger partial charge in [-0.05, 0) is 46.9 Å². The highest BCUT2D eigenvalue weighted by Gasteiger charge is 2.36. The van der Waals surface area contributed by atoms with E-state index in [0.717, 1.165) is 17.1 Å². The Hall–Kier alpha value is -5.10. The summed E-state index contributed by atoms with van der Waals surface area (Å²) in [6.45, 7) is 0.217. The van der Waals surface area contributed by atoms with Crippen molar-refractivity contribution in [3.05, 3.63) is 94.5 Å². The maximum atomic E-state index is 14.3. The number of nitrogens with two attached hydrogens (primary N) is 2. The average Bonchev–Trinajstić information content (AvgIpc) is 3.40. The molecule has 4 aromatic rings. The summed E-state index contributed by atoms with van der Waals surface area (Å²) in [5, 5.41) is 2.93. The number of primary amides is 1. The van der Waals surface area contributed by atoms with E-state index in [-0.39, 0.29) is 22.8 Å². The highest BCUT2D eigenvalue weighted by molar-refractivity contribution is 7.09. The molecule has 3 aromatic carbocycles. The number of methoxy groups -OCH3 is 3. The topological polar surface area (TPSA) is 159 Å². The second-order valence-electron chi connectivity index (χ2n) is 8.73. The smallest absolute Gasteiger partial charge is 0.273 e. The lowest BCUT2D eigenvalue weighted by Crippen LogP contribution is -2.44. The number of nitrogens with one attached hydrogen (secondary N) is 1. The number of nitrogens with zero attached hydrogens (tertiary/aromatic N) is 2. The number of carbonyl (C=O) groups is 3. The van der Waals surface area contributed by atoms with Crippen molar-refractivity contribution in [2.24, 2.45) is 5.73 Å². The molecule has 4 rings (SSSR count). The van der Waals surface area contributed by atoms with E-state index in [1.807, 2.05) is 30.3 Å². The van der Waals surface area contributed by atoms with Crippen LogP contribution in [-0.4, -0.2) is 43.4 Å². The first-order valence-electron chi connectivity index (χ1n) is 12.3. The van der Waals surface area contributed by atoms with Gasteiger partial charge in [-0.25, -0.2) is 0 Å². The van der Waals surface area contributed by atoms with E-state index < -0.39 is 23.8 Å². The zero-order chi connectivity index (χ0) is 29.5. The van der Waals surface area contributed by atoms with Crippen molar-refractivity contribution < 1.29 is 28.6 Å². The Labute approximate surface area is 240 Å². The van der Waals surface area contributed by atoms with Gasteiger partial charge in [-0.15, -0.1) is 0 Å². The van der Waals surface area contributed by atoms with Gasteiger partial charge < -0.3 is 31.0 Å². The molecule has 0 bridgehead atoms. The third kappa shape index (κ3) is 6.23. The van der Waals surface area contributed by atoms with Crippen LogP contribution in [0.1, 0.15) is 37.3 Å². The van der Waals surface area contributed by atoms with Crippen molar-refractivity contribution in [3.8, 4) is 17.2 Å². The minimum atomic E-state index is -1.19. The van der Waals surface area contributed by atoms with E-state index in [1.54, 1.807) is 42.5 Å². The van der Waals surface area contributed by atoms with Crippen LogP contribution in [0.15, 0.2) is 72.8 Å². The summed E-state index contributed by atoms with van der Waals surface area (Å²) >= 11 is 0.719. The van der Waals surface area contributed by atoms with Crippen LogP contribution in [0, 0.1) is 0 Å². The van der Waals surface area contributed by atoms with E-state index >= 15 is 0 Å². The molecule has 41 heavy (non-hydrogen) atoms. The molecule has 0 fully saturated rings. The monoisotopic (exact) mass is 575 g/mol. The van der Waals surface area contributed by atoms with Crippen LogP contribution in [0.5, 0.6) is 17.2 Å². The third-order valence-corrected chi connectivity index (χ3v) is 7.12. The molecular weight excluding hydrogens is 546 g/mol. The molecular formula is C29H29N5O6S. The molecule has 0 radical (unpaired) electrons. The number of benzene rings is 3. The van der Waals surface area contributed by atoms with Gasteiger partial charge in [-0.2, -0.15) is 4.37 Å². The molecule has 0 aliphatic carbocycles. The normalized spacial score (nSPS) is 11.3. The lowest BCUT2D eigenvalue weighted by molar-refractivity contribution is -0.122. The number of hydrogen-bond donors (Lipinski definition) is 3. The Morgan fingerprint density at radius 3 is 2.20 bits per heavy atom. The van der Waals surface area contributed by atoms with Gasteiger partial charge in [0.25, 0.3) is 11.8 Å². The van der Waals surface area contributed by atoms with Crippen molar-refractivity contribution in [1.29, 1.82) is 0 Å². The summed E-state index contributed by atoms with van der Waals surface area (Å²) < 4.78 is 20.1. The van der Waals surface area contributed by atoms with Crippen molar-refractivity contribution in [1.82, 2.24) is 9.69 Å². The fourth-order valence-electron chi connectivity index (χ4n) is 4.18. The molecule has 212 valence electrons. The molecule has 0 saturated carbocycles. The molecule has 12 heteroatoms. The van der Waals surface area contributed by atoms with Crippen LogP contribution < -0.4 is 35.9 Å². The zero-order valence-electron chi connectivity index (χ0n) is 22.6. The molecule has 0 saturated heterocycles. The number of ether oxygens (including phenoxy) is 3. The minimum Gasteiger partial charge on any atom is -0.497 e. The third-order valence-electron chi connectivity index (χ3n) is 6.27. The van der Waals surface area contributed by atoms with Gasteiger partial charge in [-0.3, -0.25) is 19.3 Å². The Kier molecular flexibility index (Phi) is 9.05. The number of rotatable bonds is 11. The second kappa shape index (κ2) is 12.8. The highest BCUT2D eigenvalue weighted by Crippen LogP contribution is 2.38. The summed E-state index contributed by atoms with van der Waals surface area (Å²) in [4.78, 5) is 41.3. The summed E-state index contributed by atoms with van der Waals surface area (Å²) in [7, 11) is 4.48. The summed E-state index contributed by atoms with van der Waals surface area (Å²) in [6.07, 6.45) is 0. The molecule has 0 spiro atoms. The number of carbonyl (C=O) groups excluding carboxylic acids is 3. The summed E-state index contributed by atoms with van der Waals surface area (Å²) in [5.74, 6) is -0.694. The summed E-state index contributed by atoms with van der Waals surface area (Å²) in [5.41, 5.74) is 12.8. The van der Waals surface area contributed by atoms with Crippen molar-refractivity contribution in [2.45, 2.75) is 12.6 Å². The fourth-order valence-corrected chi connectivity index (χ4v) is 4.92. The highest BCUT2D eigenvalue weighted by atomic mass is 32.1. The lowest BCUT2D eigenvalue weighted by Gasteiger charge is -2.31. The Morgan fingerprint density at radius 1 is 0.927 bits per heavy atom. The zero-order valence-corrected chi connectivity index (χ0v) is 23.4. The maximum Gasteiger partial charge on any atom is 0.273 e. The number of hydrogen-bond acceptors (Lipinski definition) is 9. The molecule has 0 aliphatic heterocycles. The predicted molar refractivity (Wildman–Crippen MR) is 155 cm³/mol. The first kappa shape index (κ1) is 28.9. The Balaban J connectivity index is 1.88. The van der Waals surface area contributed by atoms with Crippen LogP contribution in [0.25, 0.3) is 0 Å². The first-order chi connectivity index (χ1) is 19.8. The van der Waals surface area contributed by atoms with Gasteiger partial charge in [0.2, 0.25) is 5.91 Å². The second-order valence-corrected chi connectivity index (χ2v) is 9.51. The van der Waals surface area contributed by atoms with E-state index in [9.17, 15) is 14.4 Å². The molecule has 3 amide bonds. The van der Waals surface area contributed by atoms with E-state index in [2.05, 4.69) is 9.69 Å². The van der Waals surface area contributed by atoms with E-state index in [4.69, 9.17) is 25.7 Å². The average molecular weight is 576 g/mol.